The van der Waals surface area contributed by atoms with Crippen molar-refractivity contribution in [2.24, 2.45) is 0 Å². The van der Waals surface area contributed by atoms with Crippen molar-refractivity contribution in [1.29, 1.82) is 0 Å². The summed E-state index contributed by atoms with van der Waals surface area (Å²) in [5.41, 5.74) is 5.59. The molecule has 16 heavy (non-hydrogen) atoms. The molecule has 1 fully saturated rings. The molecule has 0 bridgehead atoms. The Morgan fingerprint density at radius 3 is 3.19 bits per heavy atom. The topological polar surface area (TPSA) is 67.1 Å². The molecule has 0 saturated carbocycles. The summed E-state index contributed by atoms with van der Waals surface area (Å²) in [7, 11) is 0. The zero-order valence-corrected chi connectivity index (χ0v) is 9.69. The van der Waals surface area contributed by atoms with E-state index in [1.807, 2.05) is 0 Å². The van der Waals surface area contributed by atoms with E-state index < -0.39 is 0 Å². The molecular weight excluding hydrogens is 202 g/mol. The molecule has 0 aliphatic carbocycles. The van der Waals surface area contributed by atoms with Crippen molar-refractivity contribution < 1.29 is 0 Å². The van der Waals surface area contributed by atoms with E-state index in [-0.39, 0.29) is 0 Å². The first-order chi connectivity index (χ1) is 7.79. The molecule has 0 spiro atoms. The molecule has 88 valence electrons. The average Bonchev–Trinajstić information content (AvgIpc) is 2.74. The van der Waals surface area contributed by atoms with Gasteiger partial charge in [-0.2, -0.15) is 0 Å². The van der Waals surface area contributed by atoms with Crippen LogP contribution in [0.1, 0.15) is 19.8 Å². The van der Waals surface area contributed by atoms with Crippen molar-refractivity contribution in [3.05, 3.63) is 12.4 Å². The molecule has 5 nitrogen and oxygen atoms in total. The number of anilines is 2. The number of likely N-dealkylation sites (N-methyl/N-ethyl adjacent to an activating group) is 1. The lowest BCUT2D eigenvalue weighted by atomic mass is 10.2. The van der Waals surface area contributed by atoms with Gasteiger partial charge in [0.15, 0.2) is 0 Å². The summed E-state index contributed by atoms with van der Waals surface area (Å²) >= 11 is 0. The lowest BCUT2D eigenvalue weighted by Crippen LogP contribution is -2.34. The lowest BCUT2D eigenvalue weighted by molar-refractivity contribution is 0.277. The third kappa shape index (κ3) is 2.61. The van der Waals surface area contributed by atoms with Crippen molar-refractivity contribution in [3.63, 3.8) is 0 Å². The first kappa shape index (κ1) is 11.1. The summed E-state index contributed by atoms with van der Waals surface area (Å²) in [5.74, 6) is 1.33. The predicted molar refractivity (Wildman–Crippen MR) is 65.2 cm³/mol. The van der Waals surface area contributed by atoms with Gasteiger partial charge in [0.1, 0.15) is 18.0 Å². The van der Waals surface area contributed by atoms with E-state index in [1.54, 1.807) is 6.07 Å². The molecule has 0 radical (unpaired) electrons. The number of nitrogen functional groups attached to an aromatic ring is 1. The zero-order valence-electron chi connectivity index (χ0n) is 9.69. The Morgan fingerprint density at radius 2 is 2.44 bits per heavy atom. The maximum Gasteiger partial charge on any atom is 0.131 e. The van der Waals surface area contributed by atoms with Gasteiger partial charge in [-0.1, -0.05) is 6.92 Å². The van der Waals surface area contributed by atoms with Gasteiger partial charge in [0.05, 0.1) is 0 Å². The van der Waals surface area contributed by atoms with Crippen LogP contribution in [0, 0.1) is 0 Å². The van der Waals surface area contributed by atoms with E-state index in [2.05, 4.69) is 27.1 Å². The van der Waals surface area contributed by atoms with Crippen LogP contribution in [0.15, 0.2) is 12.4 Å². The number of nitrogens with two attached hydrogens (primary N) is 1. The van der Waals surface area contributed by atoms with Gasteiger partial charge in [-0.25, -0.2) is 9.97 Å². The van der Waals surface area contributed by atoms with Crippen LogP contribution >= 0.6 is 0 Å². The highest BCUT2D eigenvalue weighted by Gasteiger charge is 2.22. The fourth-order valence-corrected chi connectivity index (χ4v) is 2.23. The summed E-state index contributed by atoms with van der Waals surface area (Å²) in [5, 5.41) is 3.32. The van der Waals surface area contributed by atoms with Gasteiger partial charge in [0, 0.05) is 18.7 Å². The second-order valence-electron chi connectivity index (χ2n) is 4.13. The molecule has 1 saturated heterocycles. The summed E-state index contributed by atoms with van der Waals surface area (Å²) in [6, 6.07) is 2.40. The second-order valence-corrected chi connectivity index (χ2v) is 4.13. The molecule has 1 aromatic heterocycles. The summed E-state index contributed by atoms with van der Waals surface area (Å²) < 4.78 is 0. The first-order valence-electron chi connectivity index (χ1n) is 5.85. The van der Waals surface area contributed by atoms with Crippen molar-refractivity contribution in [1.82, 2.24) is 14.9 Å². The Bertz CT molecular complexity index is 341. The Labute approximate surface area is 96.1 Å². The number of hydrogen-bond donors (Lipinski definition) is 2. The third-order valence-corrected chi connectivity index (χ3v) is 3.11. The molecule has 3 N–H and O–H groups in total. The normalized spacial score (nSPS) is 21.2. The van der Waals surface area contributed by atoms with Crippen LogP contribution in [0.5, 0.6) is 0 Å². The van der Waals surface area contributed by atoms with Crippen molar-refractivity contribution in [2.75, 3.05) is 30.7 Å². The van der Waals surface area contributed by atoms with Crippen molar-refractivity contribution in [3.8, 4) is 0 Å². The van der Waals surface area contributed by atoms with Gasteiger partial charge in [-0.15, -0.1) is 0 Å². The highest BCUT2D eigenvalue weighted by Crippen LogP contribution is 2.17. The van der Waals surface area contributed by atoms with Crippen LogP contribution in [0.25, 0.3) is 0 Å². The van der Waals surface area contributed by atoms with E-state index >= 15 is 0 Å². The fourth-order valence-electron chi connectivity index (χ4n) is 2.23. The Morgan fingerprint density at radius 1 is 1.56 bits per heavy atom. The maximum absolute atomic E-state index is 5.59. The number of nitrogens with zero attached hydrogens (tertiary/aromatic N) is 3. The molecule has 1 atom stereocenters. The maximum atomic E-state index is 5.59. The quantitative estimate of drug-likeness (QED) is 0.792. The van der Waals surface area contributed by atoms with Gasteiger partial charge in [-0.3, -0.25) is 4.90 Å². The minimum Gasteiger partial charge on any atom is -0.384 e. The van der Waals surface area contributed by atoms with Gasteiger partial charge >= 0.3 is 0 Å². The van der Waals surface area contributed by atoms with Gasteiger partial charge in [0.25, 0.3) is 0 Å². The molecule has 1 unspecified atom stereocenters. The van der Waals surface area contributed by atoms with Crippen LogP contribution < -0.4 is 11.1 Å². The average molecular weight is 221 g/mol. The number of likely N-dealkylation sites (tertiary alicyclic amines) is 1. The minimum absolute atomic E-state index is 0.510. The van der Waals surface area contributed by atoms with E-state index in [9.17, 15) is 0 Å². The highest BCUT2D eigenvalue weighted by atomic mass is 15.2. The van der Waals surface area contributed by atoms with E-state index in [1.165, 1.54) is 25.7 Å². The third-order valence-electron chi connectivity index (χ3n) is 3.11. The van der Waals surface area contributed by atoms with Crippen molar-refractivity contribution in [2.45, 2.75) is 25.8 Å². The molecule has 1 aliphatic heterocycles. The second kappa shape index (κ2) is 5.12. The van der Waals surface area contributed by atoms with E-state index in [4.69, 9.17) is 5.73 Å². The van der Waals surface area contributed by atoms with Gasteiger partial charge in [0.2, 0.25) is 0 Å². The smallest absolute Gasteiger partial charge is 0.131 e. The molecule has 2 rings (SSSR count). The molecule has 2 heterocycles. The summed E-state index contributed by atoms with van der Waals surface area (Å²) in [4.78, 5) is 10.5. The molecule has 0 aromatic carbocycles. The molecule has 1 aromatic rings. The number of rotatable bonds is 4. The van der Waals surface area contributed by atoms with Crippen LogP contribution in [-0.4, -0.2) is 40.5 Å². The first-order valence-corrected chi connectivity index (χ1v) is 5.85. The van der Waals surface area contributed by atoms with Crippen molar-refractivity contribution >= 4 is 11.6 Å². The molecule has 0 amide bonds. The van der Waals surface area contributed by atoms with Crippen LogP contribution in [0.4, 0.5) is 11.6 Å². The van der Waals surface area contributed by atoms with Crippen LogP contribution in [0.2, 0.25) is 0 Å². The fraction of sp³-hybridized carbons (Fsp3) is 0.636. The lowest BCUT2D eigenvalue weighted by Gasteiger charge is -2.23. The number of nitrogens with one attached hydrogen (secondary N) is 1. The predicted octanol–water partition coefficient (Wildman–Crippen LogP) is 0.955. The number of aromatic nitrogens is 2. The molecule has 5 heteroatoms. The molecular formula is C11H19N5. The van der Waals surface area contributed by atoms with E-state index in [0.29, 0.717) is 11.9 Å². The Kier molecular flexibility index (Phi) is 3.56. The molecule has 1 aliphatic rings. The number of hydrogen-bond acceptors (Lipinski definition) is 5. The summed E-state index contributed by atoms with van der Waals surface area (Å²) in [6.07, 6.45) is 4.05. The van der Waals surface area contributed by atoms with Crippen LogP contribution in [-0.2, 0) is 0 Å². The zero-order chi connectivity index (χ0) is 11.4. The Balaban J connectivity index is 1.87. The van der Waals surface area contributed by atoms with E-state index in [0.717, 1.165) is 18.9 Å². The summed E-state index contributed by atoms with van der Waals surface area (Å²) in [6.45, 7) is 5.48. The van der Waals surface area contributed by atoms with Gasteiger partial charge < -0.3 is 11.1 Å². The highest BCUT2D eigenvalue weighted by molar-refractivity contribution is 5.43. The van der Waals surface area contributed by atoms with Crippen LogP contribution in [0.3, 0.4) is 0 Å². The SMILES string of the molecule is CCN1CCCC1CNc1cc(N)ncn1. The monoisotopic (exact) mass is 221 g/mol. The van der Waals surface area contributed by atoms with Gasteiger partial charge in [-0.05, 0) is 25.9 Å². The minimum atomic E-state index is 0.510. The largest absolute Gasteiger partial charge is 0.384 e. The Hall–Kier alpha value is -1.36. The standard InChI is InChI=1S/C11H19N5/c1-2-16-5-3-4-9(16)7-13-11-6-10(12)14-8-15-11/h6,8-9H,2-5,7H2,1H3,(H3,12,13,14,15).